The number of carbonyl (C=O) groups is 1. The highest BCUT2D eigenvalue weighted by molar-refractivity contribution is 5.90. The third-order valence-corrected chi connectivity index (χ3v) is 5.92. The van der Waals surface area contributed by atoms with Crippen LogP contribution in [0.3, 0.4) is 0 Å². The van der Waals surface area contributed by atoms with Crippen molar-refractivity contribution in [1.82, 2.24) is 14.5 Å². The van der Waals surface area contributed by atoms with E-state index in [-0.39, 0.29) is 12.0 Å². The third-order valence-electron chi connectivity index (χ3n) is 5.92. The number of anilines is 2. The van der Waals surface area contributed by atoms with Gasteiger partial charge in [0.1, 0.15) is 0 Å². The summed E-state index contributed by atoms with van der Waals surface area (Å²) in [6.07, 6.45) is 1.78. The van der Waals surface area contributed by atoms with Gasteiger partial charge in [0, 0.05) is 17.9 Å². The van der Waals surface area contributed by atoms with Crippen LogP contribution in [0.1, 0.15) is 29.9 Å². The van der Waals surface area contributed by atoms with Gasteiger partial charge < -0.3 is 14.6 Å². The number of hydrogen-bond donors (Lipinski definition) is 1. The van der Waals surface area contributed by atoms with Gasteiger partial charge in [-0.1, -0.05) is 12.1 Å². The Morgan fingerprint density at radius 3 is 2.50 bits per heavy atom. The number of fused-ring (bicyclic) bond motifs is 2. The van der Waals surface area contributed by atoms with Gasteiger partial charge in [-0.2, -0.15) is 0 Å². The summed E-state index contributed by atoms with van der Waals surface area (Å²) in [5.74, 6) is -0.365. The largest absolute Gasteiger partial charge is 0.465 e. The van der Waals surface area contributed by atoms with E-state index >= 15 is 0 Å². The molecule has 7 nitrogen and oxygen atoms in total. The fourth-order valence-corrected chi connectivity index (χ4v) is 4.23. The number of carbonyl (C=O) groups excluding carboxylic acids is 1. The van der Waals surface area contributed by atoms with Crippen LogP contribution >= 0.6 is 0 Å². The minimum Gasteiger partial charge on any atom is -0.465 e. The van der Waals surface area contributed by atoms with Crippen molar-refractivity contribution >= 4 is 28.4 Å². The fraction of sp³-hybridized carbons (Fsp3) is 0.172. The van der Waals surface area contributed by atoms with Crippen LogP contribution in [0, 0.1) is 6.92 Å². The molecule has 0 atom stereocenters. The number of ether oxygens (including phenoxy) is 1. The molecule has 0 radical (unpaired) electrons. The van der Waals surface area contributed by atoms with Crippen molar-refractivity contribution in [1.29, 1.82) is 0 Å². The van der Waals surface area contributed by atoms with Crippen molar-refractivity contribution in [2.75, 3.05) is 12.4 Å². The number of esters is 1. The summed E-state index contributed by atoms with van der Waals surface area (Å²) in [7, 11) is 1.38. The highest BCUT2D eigenvalue weighted by atomic mass is 16.5. The van der Waals surface area contributed by atoms with Crippen LogP contribution in [0.2, 0.25) is 0 Å². The van der Waals surface area contributed by atoms with E-state index in [2.05, 4.69) is 34.8 Å². The van der Waals surface area contributed by atoms with Crippen molar-refractivity contribution in [3.63, 3.8) is 0 Å². The van der Waals surface area contributed by atoms with Crippen molar-refractivity contribution < 1.29 is 9.53 Å². The molecule has 0 saturated carbocycles. The Hall–Kier alpha value is -4.52. The lowest BCUT2D eigenvalue weighted by atomic mass is 10.1. The number of methoxy groups -OCH3 is 1. The lowest BCUT2D eigenvalue weighted by molar-refractivity contribution is 0.0600. The minimum absolute atomic E-state index is 0.0965. The van der Waals surface area contributed by atoms with Gasteiger partial charge in [0.25, 0.3) is 0 Å². The molecule has 1 aromatic heterocycles. The number of para-hydroxylation sites is 2. The van der Waals surface area contributed by atoms with Gasteiger partial charge in [-0.25, -0.2) is 9.78 Å². The van der Waals surface area contributed by atoms with E-state index in [4.69, 9.17) is 14.7 Å². The van der Waals surface area contributed by atoms with E-state index in [1.807, 2.05) is 61.5 Å². The van der Waals surface area contributed by atoms with Gasteiger partial charge >= 0.3 is 5.97 Å². The van der Waals surface area contributed by atoms with Crippen LogP contribution in [0.25, 0.3) is 28.1 Å². The molecule has 1 N–H and O–H groups in total. The first-order valence-electron chi connectivity index (χ1n) is 11.8. The van der Waals surface area contributed by atoms with Gasteiger partial charge in [0.05, 0.1) is 57.5 Å². The Morgan fingerprint density at radius 2 is 1.78 bits per heavy atom. The van der Waals surface area contributed by atoms with Crippen molar-refractivity contribution in [3.05, 3.63) is 95.6 Å². The molecule has 2 aliphatic rings. The normalized spacial score (nSPS) is 11.9. The number of hydrogen-bond acceptors (Lipinski definition) is 6. The molecule has 0 bridgehead atoms. The van der Waals surface area contributed by atoms with E-state index in [9.17, 15) is 4.79 Å². The van der Waals surface area contributed by atoms with Crippen molar-refractivity contribution in [3.8, 4) is 17.1 Å². The second-order valence-electron chi connectivity index (χ2n) is 8.82. The first kappa shape index (κ1) is 23.2. The quantitative estimate of drug-likeness (QED) is 0.260. The monoisotopic (exact) mass is 477 g/mol. The number of nitrogens with one attached hydrogen (secondary N) is 1. The fourth-order valence-electron chi connectivity index (χ4n) is 4.23. The number of nitrogens with zero attached hydrogens (tertiary/aromatic N) is 4. The second kappa shape index (κ2) is 9.62. The minimum atomic E-state index is -0.365. The number of rotatable bonds is 5. The smallest absolute Gasteiger partial charge is 0.337 e. The molecule has 0 fully saturated rings. The zero-order valence-electron chi connectivity index (χ0n) is 20.7. The zero-order valence-corrected chi connectivity index (χ0v) is 20.7. The standard InChI is InChI=1S/C29H27N5O2/c1-18(2)31-25-17-28-26(16-24(25)32-22-9-7-15-30-19(22)3)33-23-8-5-6-10-27(23)34(28)21-13-11-20(12-14-21)29(35)36-4/h5-18,32H,1-4H3. The molecule has 36 heavy (non-hydrogen) atoms. The number of aryl methyl sites for hydroxylation is 1. The molecule has 3 aromatic rings. The predicted molar refractivity (Wildman–Crippen MR) is 142 cm³/mol. The first-order chi connectivity index (χ1) is 17.4. The summed E-state index contributed by atoms with van der Waals surface area (Å²) in [4.78, 5) is 26.3. The molecule has 7 heteroatoms. The lowest BCUT2D eigenvalue weighted by Crippen LogP contribution is -2.17. The lowest BCUT2D eigenvalue weighted by Gasteiger charge is -2.20. The Labute approximate surface area is 209 Å². The molecular formula is C29H27N5O2. The number of pyridine rings is 1. The summed E-state index contributed by atoms with van der Waals surface area (Å²) in [5, 5.41) is 4.35. The highest BCUT2D eigenvalue weighted by Gasteiger charge is 2.17. The van der Waals surface area contributed by atoms with E-state index in [1.54, 1.807) is 18.3 Å². The van der Waals surface area contributed by atoms with Crippen LogP contribution in [0.4, 0.5) is 11.4 Å². The zero-order chi connectivity index (χ0) is 25.2. The maximum Gasteiger partial charge on any atom is 0.337 e. The average Bonchev–Trinajstić information content (AvgIpc) is 2.88. The average molecular weight is 478 g/mol. The summed E-state index contributed by atoms with van der Waals surface area (Å²) >= 11 is 0. The second-order valence-corrected chi connectivity index (χ2v) is 8.82. The summed E-state index contributed by atoms with van der Waals surface area (Å²) in [6, 6.07) is 23.5. The Balaban J connectivity index is 1.78. The summed E-state index contributed by atoms with van der Waals surface area (Å²) < 4.78 is 7.02. The Bertz CT molecular complexity index is 1600. The van der Waals surface area contributed by atoms with Crippen molar-refractivity contribution in [2.24, 2.45) is 4.99 Å². The van der Waals surface area contributed by atoms with Gasteiger partial charge in [-0.05, 0) is 81.4 Å². The van der Waals surface area contributed by atoms with Gasteiger partial charge in [-0.3, -0.25) is 9.98 Å². The van der Waals surface area contributed by atoms with Crippen LogP contribution in [0.15, 0.2) is 84.0 Å². The van der Waals surface area contributed by atoms with Crippen LogP contribution < -0.4 is 10.7 Å². The molecule has 2 heterocycles. The third kappa shape index (κ3) is 4.43. The molecule has 0 spiro atoms. The van der Waals surface area contributed by atoms with Crippen LogP contribution in [0.5, 0.6) is 0 Å². The first-order valence-corrected chi connectivity index (χ1v) is 11.8. The molecule has 1 aliphatic heterocycles. The molecule has 2 aromatic carbocycles. The van der Waals surface area contributed by atoms with Gasteiger partial charge in [-0.15, -0.1) is 0 Å². The molecule has 1 aliphatic carbocycles. The summed E-state index contributed by atoms with van der Waals surface area (Å²) in [5.41, 5.74) is 7.63. The number of aromatic nitrogens is 3. The van der Waals surface area contributed by atoms with E-state index in [0.717, 1.165) is 50.5 Å². The molecule has 5 rings (SSSR count). The van der Waals surface area contributed by atoms with Gasteiger partial charge in [0.15, 0.2) is 0 Å². The van der Waals surface area contributed by atoms with Crippen LogP contribution in [-0.2, 0) is 4.74 Å². The number of benzene rings is 3. The van der Waals surface area contributed by atoms with E-state index < -0.39 is 0 Å². The summed E-state index contributed by atoms with van der Waals surface area (Å²) in [6.45, 7) is 6.09. The maximum atomic E-state index is 12.0. The Morgan fingerprint density at radius 1 is 1.00 bits per heavy atom. The molecule has 0 amide bonds. The Kier molecular flexibility index (Phi) is 6.21. The predicted octanol–water partition coefficient (Wildman–Crippen LogP) is 5.67. The molecular weight excluding hydrogens is 450 g/mol. The molecule has 180 valence electrons. The highest BCUT2D eigenvalue weighted by Crippen LogP contribution is 2.30. The molecule has 0 saturated heterocycles. The van der Waals surface area contributed by atoms with E-state index in [1.165, 1.54) is 7.11 Å². The topological polar surface area (TPSA) is 81.4 Å². The van der Waals surface area contributed by atoms with Crippen molar-refractivity contribution in [2.45, 2.75) is 26.8 Å². The SMILES string of the molecule is COC(=O)c1ccc(-n2c3cc(=NC(C)C)c(Nc4cccnc4C)cc-3nc3ccccc32)cc1. The van der Waals surface area contributed by atoms with Gasteiger partial charge in [0.2, 0.25) is 0 Å². The maximum absolute atomic E-state index is 12.0. The van der Waals surface area contributed by atoms with Crippen LogP contribution in [-0.4, -0.2) is 33.7 Å². The molecule has 0 unspecified atom stereocenters. The van der Waals surface area contributed by atoms with E-state index in [0.29, 0.717) is 5.56 Å².